The fourth-order valence-electron chi connectivity index (χ4n) is 1.79. The maximum atomic E-state index is 12.0. The Balaban J connectivity index is 2.59. The molecule has 0 fully saturated rings. The summed E-state index contributed by atoms with van der Waals surface area (Å²) < 4.78 is 5.15. The lowest BCUT2D eigenvalue weighted by Crippen LogP contribution is -2.08. The SMILES string of the molecule is CCCc1cccc(C(=O)CCC(C)OC)c1. The molecule has 94 valence electrons. The van der Waals surface area contributed by atoms with E-state index in [4.69, 9.17) is 4.74 Å². The summed E-state index contributed by atoms with van der Waals surface area (Å²) in [7, 11) is 1.68. The summed E-state index contributed by atoms with van der Waals surface area (Å²) in [6.07, 6.45) is 3.64. The Morgan fingerprint density at radius 3 is 2.82 bits per heavy atom. The summed E-state index contributed by atoms with van der Waals surface area (Å²) in [4.78, 5) is 12.0. The Morgan fingerprint density at radius 2 is 2.18 bits per heavy atom. The van der Waals surface area contributed by atoms with E-state index in [1.54, 1.807) is 7.11 Å². The van der Waals surface area contributed by atoms with E-state index in [1.165, 1.54) is 5.56 Å². The monoisotopic (exact) mass is 234 g/mol. The zero-order valence-electron chi connectivity index (χ0n) is 11.0. The van der Waals surface area contributed by atoms with E-state index in [2.05, 4.69) is 13.0 Å². The van der Waals surface area contributed by atoms with Crippen molar-refractivity contribution in [3.63, 3.8) is 0 Å². The molecule has 0 N–H and O–H groups in total. The number of ketones is 1. The van der Waals surface area contributed by atoms with Crippen molar-refractivity contribution >= 4 is 5.78 Å². The highest BCUT2D eigenvalue weighted by atomic mass is 16.5. The maximum absolute atomic E-state index is 12.0. The number of carbonyl (C=O) groups excluding carboxylic acids is 1. The van der Waals surface area contributed by atoms with Gasteiger partial charge in [-0.05, 0) is 31.4 Å². The minimum absolute atomic E-state index is 0.151. The minimum atomic E-state index is 0.151. The van der Waals surface area contributed by atoms with E-state index in [9.17, 15) is 4.79 Å². The Hall–Kier alpha value is -1.15. The minimum Gasteiger partial charge on any atom is -0.382 e. The van der Waals surface area contributed by atoms with Gasteiger partial charge in [-0.1, -0.05) is 31.5 Å². The van der Waals surface area contributed by atoms with Crippen molar-refractivity contribution in [2.75, 3.05) is 7.11 Å². The normalized spacial score (nSPS) is 12.4. The van der Waals surface area contributed by atoms with Gasteiger partial charge in [-0.2, -0.15) is 0 Å². The molecule has 0 amide bonds. The van der Waals surface area contributed by atoms with Gasteiger partial charge in [0.15, 0.2) is 5.78 Å². The van der Waals surface area contributed by atoms with E-state index in [0.717, 1.165) is 24.8 Å². The lowest BCUT2D eigenvalue weighted by atomic mass is 10.0. The van der Waals surface area contributed by atoms with Gasteiger partial charge in [-0.3, -0.25) is 4.79 Å². The third kappa shape index (κ3) is 4.70. The van der Waals surface area contributed by atoms with Crippen molar-refractivity contribution in [1.82, 2.24) is 0 Å². The van der Waals surface area contributed by atoms with Crippen molar-refractivity contribution in [2.45, 2.75) is 45.6 Å². The van der Waals surface area contributed by atoms with Crippen LogP contribution in [-0.2, 0) is 11.2 Å². The number of Topliss-reactive ketones (excluding diaryl/α,β-unsaturated/α-hetero) is 1. The zero-order chi connectivity index (χ0) is 12.7. The van der Waals surface area contributed by atoms with Crippen LogP contribution in [0.1, 0.15) is 49.0 Å². The number of rotatable bonds is 7. The van der Waals surface area contributed by atoms with Crippen LogP contribution < -0.4 is 0 Å². The molecule has 0 radical (unpaired) electrons. The Morgan fingerprint density at radius 1 is 1.41 bits per heavy atom. The zero-order valence-corrected chi connectivity index (χ0v) is 11.0. The Labute approximate surface area is 104 Å². The largest absolute Gasteiger partial charge is 0.382 e. The van der Waals surface area contributed by atoms with Gasteiger partial charge >= 0.3 is 0 Å². The number of aryl methyl sites for hydroxylation is 1. The number of carbonyl (C=O) groups is 1. The molecule has 0 aliphatic carbocycles. The van der Waals surface area contributed by atoms with E-state index in [1.807, 2.05) is 25.1 Å². The highest BCUT2D eigenvalue weighted by Gasteiger charge is 2.08. The van der Waals surface area contributed by atoms with Crippen molar-refractivity contribution in [1.29, 1.82) is 0 Å². The van der Waals surface area contributed by atoms with Crippen LogP contribution in [-0.4, -0.2) is 19.0 Å². The molecular weight excluding hydrogens is 212 g/mol. The van der Waals surface area contributed by atoms with Crippen LogP contribution >= 0.6 is 0 Å². The third-order valence-corrected chi connectivity index (χ3v) is 2.97. The van der Waals surface area contributed by atoms with Gasteiger partial charge in [0.1, 0.15) is 0 Å². The average molecular weight is 234 g/mol. The molecule has 0 aromatic heterocycles. The first kappa shape index (κ1) is 13.9. The van der Waals surface area contributed by atoms with Gasteiger partial charge < -0.3 is 4.74 Å². The van der Waals surface area contributed by atoms with Gasteiger partial charge in [0.05, 0.1) is 6.10 Å². The van der Waals surface area contributed by atoms with Crippen molar-refractivity contribution in [3.8, 4) is 0 Å². The third-order valence-electron chi connectivity index (χ3n) is 2.97. The summed E-state index contributed by atoms with van der Waals surface area (Å²) in [6.45, 7) is 4.13. The van der Waals surface area contributed by atoms with E-state index >= 15 is 0 Å². The Bertz CT molecular complexity index is 358. The molecule has 0 spiro atoms. The number of hydrogen-bond donors (Lipinski definition) is 0. The fraction of sp³-hybridized carbons (Fsp3) is 0.533. The standard InChI is InChI=1S/C15H22O2/c1-4-6-13-7-5-8-14(11-13)15(16)10-9-12(2)17-3/h5,7-8,11-12H,4,6,9-10H2,1-3H3. The average Bonchev–Trinajstić information content (AvgIpc) is 2.36. The quantitative estimate of drug-likeness (QED) is 0.673. The summed E-state index contributed by atoms with van der Waals surface area (Å²) in [5.74, 6) is 0.215. The molecule has 2 nitrogen and oxygen atoms in total. The number of methoxy groups -OCH3 is 1. The second-order valence-electron chi connectivity index (χ2n) is 4.46. The predicted octanol–water partition coefficient (Wildman–Crippen LogP) is 3.64. The molecule has 1 rings (SSSR count). The molecule has 2 heteroatoms. The summed E-state index contributed by atoms with van der Waals surface area (Å²) >= 11 is 0. The lowest BCUT2D eigenvalue weighted by Gasteiger charge is -2.08. The van der Waals surface area contributed by atoms with Crippen LogP contribution in [0.3, 0.4) is 0 Å². The summed E-state index contributed by atoms with van der Waals surface area (Å²) in [5, 5.41) is 0. The van der Waals surface area contributed by atoms with E-state index in [0.29, 0.717) is 6.42 Å². The van der Waals surface area contributed by atoms with E-state index < -0.39 is 0 Å². The molecule has 0 heterocycles. The molecule has 17 heavy (non-hydrogen) atoms. The summed E-state index contributed by atoms with van der Waals surface area (Å²) in [5.41, 5.74) is 2.08. The van der Waals surface area contributed by atoms with Crippen LogP contribution in [0.4, 0.5) is 0 Å². The van der Waals surface area contributed by atoms with Crippen LogP contribution in [0.2, 0.25) is 0 Å². The fourth-order valence-corrected chi connectivity index (χ4v) is 1.79. The molecule has 1 aromatic carbocycles. The number of hydrogen-bond acceptors (Lipinski definition) is 2. The first-order valence-electron chi connectivity index (χ1n) is 6.32. The predicted molar refractivity (Wildman–Crippen MR) is 70.5 cm³/mol. The first-order chi connectivity index (χ1) is 8.17. The number of ether oxygens (including phenoxy) is 1. The smallest absolute Gasteiger partial charge is 0.162 e. The molecule has 1 unspecified atom stereocenters. The van der Waals surface area contributed by atoms with E-state index in [-0.39, 0.29) is 11.9 Å². The van der Waals surface area contributed by atoms with Crippen molar-refractivity contribution < 1.29 is 9.53 Å². The Kier molecular flexibility index (Phi) is 5.92. The topological polar surface area (TPSA) is 26.3 Å². The number of benzene rings is 1. The van der Waals surface area contributed by atoms with Crippen LogP contribution in [0, 0.1) is 0 Å². The second kappa shape index (κ2) is 7.23. The molecule has 0 saturated heterocycles. The van der Waals surface area contributed by atoms with Crippen LogP contribution in [0.5, 0.6) is 0 Å². The molecule has 0 aliphatic rings. The molecule has 1 atom stereocenters. The molecule has 1 aromatic rings. The van der Waals surface area contributed by atoms with Crippen molar-refractivity contribution in [2.24, 2.45) is 0 Å². The maximum Gasteiger partial charge on any atom is 0.162 e. The van der Waals surface area contributed by atoms with Crippen LogP contribution in [0.25, 0.3) is 0 Å². The molecular formula is C15H22O2. The van der Waals surface area contributed by atoms with Gasteiger partial charge in [0, 0.05) is 19.1 Å². The molecule has 0 aliphatic heterocycles. The highest BCUT2D eigenvalue weighted by Crippen LogP contribution is 2.12. The molecule has 0 bridgehead atoms. The van der Waals surface area contributed by atoms with Gasteiger partial charge in [0.2, 0.25) is 0 Å². The van der Waals surface area contributed by atoms with Crippen LogP contribution in [0.15, 0.2) is 24.3 Å². The van der Waals surface area contributed by atoms with Crippen molar-refractivity contribution in [3.05, 3.63) is 35.4 Å². The first-order valence-corrected chi connectivity index (χ1v) is 6.32. The molecule has 0 saturated carbocycles. The van der Waals surface area contributed by atoms with Gasteiger partial charge in [-0.15, -0.1) is 0 Å². The lowest BCUT2D eigenvalue weighted by molar-refractivity contribution is 0.0877. The highest BCUT2D eigenvalue weighted by molar-refractivity contribution is 5.96. The van der Waals surface area contributed by atoms with Gasteiger partial charge in [-0.25, -0.2) is 0 Å². The van der Waals surface area contributed by atoms with Gasteiger partial charge in [0.25, 0.3) is 0 Å². The second-order valence-corrected chi connectivity index (χ2v) is 4.46. The summed E-state index contributed by atoms with van der Waals surface area (Å²) in [6, 6.07) is 7.97.